The Kier molecular flexibility index (Phi) is 4.47. The van der Waals surface area contributed by atoms with Gasteiger partial charge in [0.1, 0.15) is 13.2 Å². The Morgan fingerprint density at radius 2 is 1.87 bits per heavy atom. The number of sulfonamides is 1. The third-order valence-corrected chi connectivity index (χ3v) is 7.10. The summed E-state index contributed by atoms with van der Waals surface area (Å²) in [6.45, 7) is 2.81. The number of ether oxygens (including phenoxy) is 2. The standard InChI is InChI=1S/C22H22N2O5S/c1-2-13-10-15-17(23-16-4-3-5-18(25)22(15)16)12-21(13)30(26,27)24-14-6-7-19-20(11-14)29-9-8-28-19/h6-7,10-12,23-24H,2-5,8-9H2,1H3. The predicted molar refractivity (Wildman–Crippen MR) is 113 cm³/mol. The number of aromatic nitrogens is 1. The second kappa shape index (κ2) is 7.05. The Hall–Kier alpha value is -3.00. The van der Waals surface area contributed by atoms with E-state index in [1.807, 2.05) is 13.0 Å². The fourth-order valence-corrected chi connectivity index (χ4v) is 5.59. The molecule has 0 saturated heterocycles. The van der Waals surface area contributed by atoms with Crippen molar-refractivity contribution in [3.8, 4) is 11.5 Å². The van der Waals surface area contributed by atoms with Crippen LogP contribution in [-0.4, -0.2) is 32.4 Å². The number of fused-ring (bicyclic) bond motifs is 4. The van der Waals surface area contributed by atoms with Gasteiger partial charge in [-0.1, -0.05) is 6.92 Å². The van der Waals surface area contributed by atoms with Gasteiger partial charge in [-0.25, -0.2) is 8.42 Å². The van der Waals surface area contributed by atoms with Crippen molar-refractivity contribution in [2.45, 2.75) is 37.5 Å². The highest BCUT2D eigenvalue weighted by Crippen LogP contribution is 2.35. The summed E-state index contributed by atoms with van der Waals surface area (Å²) in [5, 5.41) is 0.810. The van der Waals surface area contributed by atoms with Gasteiger partial charge in [0.25, 0.3) is 10.0 Å². The van der Waals surface area contributed by atoms with Crippen molar-refractivity contribution in [2.75, 3.05) is 17.9 Å². The topological polar surface area (TPSA) is 97.5 Å². The summed E-state index contributed by atoms with van der Waals surface area (Å²) in [5.74, 6) is 1.24. The Labute approximate surface area is 174 Å². The maximum absolute atomic E-state index is 13.2. The lowest BCUT2D eigenvalue weighted by Gasteiger charge is -2.19. The van der Waals surface area contributed by atoms with Gasteiger partial charge in [-0.2, -0.15) is 0 Å². The van der Waals surface area contributed by atoms with E-state index in [1.165, 1.54) is 0 Å². The number of carbonyl (C=O) groups is 1. The highest BCUT2D eigenvalue weighted by molar-refractivity contribution is 7.92. The first-order valence-electron chi connectivity index (χ1n) is 10.1. The molecule has 5 rings (SSSR count). The van der Waals surface area contributed by atoms with Crippen molar-refractivity contribution in [2.24, 2.45) is 0 Å². The zero-order valence-electron chi connectivity index (χ0n) is 16.6. The number of hydrogen-bond acceptors (Lipinski definition) is 5. The number of ketones is 1. The molecular weight excluding hydrogens is 404 g/mol. The van der Waals surface area contributed by atoms with Gasteiger partial charge in [0.15, 0.2) is 17.3 Å². The second-order valence-electron chi connectivity index (χ2n) is 7.58. The van der Waals surface area contributed by atoms with Gasteiger partial charge in [-0.15, -0.1) is 0 Å². The summed E-state index contributed by atoms with van der Waals surface area (Å²) in [7, 11) is -3.84. The number of benzene rings is 2. The van der Waals surface area contributed by atoms with Crippen molar-refractivity contribution < 1.29 is 22.7 Å². The minimum atomic E-state index is -3.84. The summed E-state index contributed by atoms with van der Waals surface area (Å²) < 4.78 is 40.2. The summed E-state index contributed by atoms with van der Waals surface area (Å²) >= 11 is 0. The third-order valence-electron chi connectivity index (χ3n) is 5.63. The molecule has 0 radical (unpaired) electrons. The maximum atomic E-state index is 13.2. The molecule has 30 heavy (non-hydrogen) atoms. The van der Waals surface area contributed by atoms with Crippen LogP contribution in [0.3, 0.4) is 0 Å². The van der Waals surface area contributed by atoms with E-state index in [9.17, 15) is 13.2 Å². The van der Waals surface area contributed by atoms with Crippen molar-refractivity contribution in [3.63, 3.8) is 0 Å². The molecule has 1 aromatic heterocycles. The molecule has 1 aliphatic heterocycles. The quantitative estimate of drug-likeness (QED) is 0.661. The van der Waals surface area contributed by atoms with Crippen LogP contribution in [0.15, 0.2) is 35.2 Å². The van der Waals surface area contributed by atoms with Crippen LogP contribution >= 0.6 is 0 Å². The number of H-pyrrole nitrogens is 1. The third kappa shape index (κ3) is 3.11. The van der Waals surface area contributed by atoms with Crippen LogP contribution in [0.25, 0.3) is 10.9 Å². The molecule has 1 aliphatic carbocycles. The Bertz CT molecular complexity index is 1280. The SMILES string of the molecule is CCc1cc2c3c([nH]c2cc1S(=O)(=O)Nc1ccc2c(c1)OCCO2)CCCC3=O. The van der Waals surface area contributed by atoms with E-state index >= 15 is 0 Å². The summed E-state index contributed by atoms with van der Waals surface area (Å²) in [6.07, 6.45) is 2.68. The number of carbonyl (C=O) groups excluding carboxylic acids is 1. The van der Waals surface area contributed by atoms with Crippen LogP contribution in [0.2, 0.25) is 0 Å². The number of rotatable bonds is 4. The van der Waals surface area contributed by atoms with Crippen LogP contribution < -0.4 is 14.2 Å². The number of Topliss-reactive ketones (excluding diaryl/α,β-unsaturated/α-hetero) is 1. The van der Waals surface area contributed by atoms with Crippen LogP contribution in [0, 0.1) is 0 Å². The smallest absolute Gasteiger partial charge is 0.262 e. The molecule has 2 N–H and O–H groups in total. The molecule has 2 aromatic carbocycles. The number of aromatic amines is 1. The van der Waals surface area contributed by atoms with Gasteiger partial charge >= 0.3 is 0 Å². The molecule has 0 spiro atoms. The molecule has 0 bridgehead atoms. The van der Waals surface area contributed by atoms with E-state index in [4.69, 9.17) is 9.47 Å². The van der Waals surface area contributed by atoms with Crippen molar-refractivity contribution in [1.29, 1.82) is 0 Å². The van der Waals surface area contributed by atoms with Gasteiger partial charge in [-0.05, 0) is 49.1 Å². The Morgan fingerprint density at radius 3 is 2.67 bits per heavy atom. The van der Waals surface area contributed by atoms with Gasteiger partial charge in [-0.3, -0.25) is 9.52 Å². The van der Waals surface area contributed by atoms with E-state index in [2.05, 4.69) is 9.71 Å². The highest BCUT2D eigenvalue weighted by atomic mass is 32.2. The molecule has 2 aliphatic rings. The van der Waals surface area contributed by atoms with Crippen LogP contribution in [0.5, 0.6) is 11.5 Å². The second-order valence-corrected chi connectivity index (χ2v) is 9.23. The lowest BCUT2D eigenvalue weighted by atomic mass is 9.94. The molecule has 2 heterocycles. The van der Waals surface area contributed by atoms with E-state index in [-0.39, 0.29) is 10.7 Å². The molecule has 8 heteroatoms. The molecule has 0 atom stereocenters. The number of anilines is 1. The normalized spacial score (nSPS) is 15.8. The fourth-order valence-electron chi connectivity index (χ4n) is 4.22. The molecule has 3 aromatic rings. The molecule has 156 valence electrons. The van der Waals surface area contributed by atoms with Crippen molar-refractivity contribution in [3.05, 3.63) is 47.2 Å². The molecule has 7 nitrogen and oxygen atoms in total. The molecule has 0 saturated carbocycles. The Balaban J connectivity index is 1.56. The summed E-state index contributed by atoms with van der Waals surface area (Å²) in [4.78, 5) is 15.9. The lowest BCUT2D eigenvalue weighted by Crippen LogP contribution is -2.17. The largest absolute Gasteiger partial charge is 0.486 e. The minimum Gasteiger partial charge on any atom is -0.486 e. The van der Waals surface area contributed by atoms with Crippen molar-refractivity contribution in [1.82, 2.24) is 4.98 Å². The number of hydrogen-bond donors (Lipinski definition) is 2. The number of aryl methyl sites for hydroxylation is 2. The summed E-state index contributed by atoms with van der Waals surface area (Å²) in [5.41, 5.74) is 3.37. The average Bonchev–Trinajstić information content (AvgIpc) is 3.11. The van der Waals surface area contributed by atoms with Crippen LogP contribution in [0.1, 0.15) is 41.4 Å². The fraction of sp³-hybridized carbons (Fsp3) is 0.318. The minimum absolute atomic E-state index is 0.120. The van der Waals surface area contributed by atoms with Crippen molar-refractivity contribution >= 4 is 32.4 Å². The van der Waals surface area contributed by atoms with Crippen LogP contribution in [0.4, 0.5) is 5.69 Å². The van der Waals surface area contributed by atoms with E-state index in [0.29, 0.717) is 54.3 Å². The number of nitrogens with one attached hydrogen (secondary N) is 2. The van der Waals surface area contributed by atoms with Crippen LogP contribution in [-0.2, 0) is 22.9 Å². The van der Waals surface area contributed by atoms with E-state index < -0.39 is 10.0 Å². The highest BCUT2D eigenvalue weighted by Gasteiger charge is 2.26. The summed E-state index contributed by atoms with van der Waals surface area (Å²) in [6, 6.07) is 8.46. The maximum Gasteiger partial charge on any atom is 0.262 e. The van der Waals surface area contributed by atoms with Gasteiger partial charge in [0, 0.05) is 34.6 Å². The van der Waals surface area contributed by atoms with E-state index in [0.717, 1.165) is 29.5 Å². The monoisotopic (exact) mass is 426 g/mol. The first-order chi connectivity index (χ1) is 14.5. The predicted octanol–water partition coefficient (Wildman–Crippen LogP) is 3.82. The zero-order valence-corrected chi connectivity index (χ0v) is 17.4. The van der Waals surface area contributed by atoms with E-state index in [1.54, 1.807) is 24.3 Å². The molecular formula is C22H22N2O5S. The van der Waals surface area contributed by atoms with Gasteiger partial charge in [0.2, 0.25) is 0 Å². The Morgan fingerprint density at radius 1 is 1.07 bits per heavy atom. The molecule has 0 fully saturated rings. The zero-order chi connectivity index (χ0) is 20.9. The molecule has 0 unspecified atom stereocenters. The average molecular weight is 426 g/mol. The first-order valence-corrected chi connectivity index (χ1v) is 11.6. The first kappa shape index (κ1) is 19.0. The lowest BCUT2D eigenvalue weighted by molar-refractivity contribution is 0.0974. The van der Waals surface area contributed by atoms with Gasteiger partial charge in [0.05, 0.1) is 10.6 Å². The van der Waals surface area contributed by atoms with Gasteiger partial charge < -0.3 is 14.5 Å². The molecule has 0 amide bonds.